The van der Waals surface area contributed by atoms with Gasteiger partial charge in [-0.25, -0.2) is 4.98 Å². The Morgan fingerprint density at radius 3 is 2.91 bits per heavy atom. The minimum Gasteiger partial charge on any atom is -0.349 e. The Morgan fingerprint density at radius 1 is 1.45 bits per heavy atom. The zero-order valence-electron chi connectivity index (χ0n) is 12.1. The Hall–Kier alpha value is -2.38. The van der Waals surface area contributed by atoms with Crippen molar-refractivity contribution in [1.82, 2.24) is 10.3 Å². The third-order valence-corrected chi connectivity index (χ3v) is 3.83. The summed E-state index contributed by atoms with van der Waals surface area (Å²) in [7, 11) is 0. The number of aromatic nitrogens is 1. The van der Waals surface area contributed by atoms with Crippen molar-refractivity contribution in [2.75, 3.05) is 0 Å². The fraction of sp³-hybridized carbons (Fsp3) is 0.235. The van der Waals surface area contributed by atoms with Gasteiger partial charge < -0.3 is 5.32 Å². The molecule has 1 heterocycles. The molecule has 2 aromatic rings. The molecule has 1 aromatic carbocycles. The summed E-state index contributed by atoms with van der Waals surface area (Å²) < 4.78 is 0. The lowest BCUT2D eigenvalue weighted by Gasteiger charge is -2.05. The van der Waals surface area contributed by atoms with Gasteiger partial charge in [0.25, 0.3) is 5.91 Å². The van der Waals surface area contributed by atoms with E-state index in [1.807, 2.05) is 37.3 Å². The summed E-state index contributed by atoms with van der Waals surface area (Å²) in [5.41, 5.74) is 2.51. The van der Waals surface area contributed by atoms with Gasteiger partial charge in [-0.1, -0.05) is 23.7 Å². The SMILES string of the molecule is Cc1ccc2cc(/C=C(\C#N)C(=O)NC3CC3)c(Cl)nc2c1. The van der Waals surface area contributed by atoms with E-state index in [1.165, 1.54) is 6.08 Å². The van der Waals surface area contributed by atoms with Crippen molar-refractivity contribution >= 4 is 34.5 Å². The van der Waals surface area contributed by atoms with E-state index in [-0.39, 0.29) is 22.7 Å². The van der Waals surface area contributed by atoms with Crippen LogP contribution in [0.3, 0.4) is 0 Å². The molecule has 1 aromatic heterocycles. The fourth-order valence-electron chi connectivity index (χ4n) is 2.17. The monoisotopic (exact) mass is 311 g/mol. The number of rotatable bonds is 3. The molecule has 4 nitrogen and oxygen atoms in total. The molecule has 1 amide bonds. The van der Waals surface area contributed by atoms with Crippen molar-refractivity contribution in [2.45, 2.75) is 25.8 Å². The standard InChI is InChI=1S/C17H14ClN3O/c1-10-2-3-11-7-12(16(18)21-15(11)6-10)8-13(9-19)17(22)20-14-4-5-14/h2-3,6-8,14H,4-5H2,1H3,(H,20,22)/b13-8+. The molecule has 1 aliphatic rings. The third-order valence-electron chi connectivity index (χ3n) is 3.53. The molecule has 0 unspecified atom stereocenters. The lowest BCUT2D eigenvalue weighted by molar-refractivity contribution is -0.117. The van der Waals surface area contributed by atoms with Crippen LogP contribution in [-0.4, -0.2) is 16.9 Å². The molecule has 110 valence electrons. The number of benzene rings is 1. The average molecular weight is 312 g/mol. The van der Waals surface area contributed by atoms with Crippen molar-refractivity contribution in [2.24, 2.45) is 0 Å². The molecule has 0 spiro atoms. The average Bonchev–Trinajstić information content (AvgIpc) is 3.28. The summed E-state index contributed by atoms with van der Waals surface area (Å²) in [4.78, 5) is 16.3. The van der Waals surface area contributed by atoms with Crippen LogP contribution >= 0.6 is 11.6 Å². The third kappa shape index (κ3) is 3.10. The first-order valence-corrected chi connectivity index (χ1v) is 7.44. The number of nitrogens with one attached hydrogen (secondary N) is 1. The van der Waals surface area contributed by atoms with Crippen molar-refractivity contribution in [3.05, 3.63) is 46.1 Å². The Balaban J connectivity index is 1.99. The molecule has 1 N–H and O–H groups in total. The highest BCUT2D eigenvalue weighted by molar-refractivity contribution is 6.31. The van der Waals surface area contributed by atoms with Gasteiger partial charge in [-0.3, -0.25) is 4.79 Å². The van der Waals surface area contributed by atoms with Crippen molar-refractivity contribution in [3.63, 3.8) is 0 Å². The maximum absolute atomic E-state index is 12.0. The molecule has 0 saturated heterocycles. The van der Waals surface area contributed by atoms with Crippen molar-refractivity contribution in [1.29, 1.82) is 5.26 Å². The highest BCUT2D eigenvalue weighted by atomic mass is 35.5. The number of carbonyl (C=O) groups is 1. The van der Waals surface area contributed by atoms with Gasteiger partial charge in [0.05, 0.1) is 5.52 Å². The molecule has 1 aliphatic carbocycles. The van der Waals surface area contributed by atoms with Gasteiger partial charge in [-0.05, 0) is 43.5 Å². The molecule has 22 heavy (non-hydrogen) atoms. The second kappa shape index (κ2) is 5.78. The topological polar surface area (TPSA) is 65.8 Å². The minimum absolute atomic E-state index is 0.0436. The number of hydrogen-bond donors (Lipinski definition) is 1. The number of nitriles is 1. The smallest absolute Gasteiger partial charge is 0.262 e. The lowest BCUT2D eigenvalue weighted by atomic mass is 10.1. The zero-order valence-corrected chi connectivity index (χ0v) is 12.8. The minimum atomic E-state index is -0.356. The van der Waals surface area contributed by atoms with Crippen LogP contribution in [0.1, 0.15) is 24.0 Å². The van der Waals surface area contributed by atoms with E-state index < -0.39 is 0 Å². The van der Waals surface area contributed by atoms with E-state index in [0.29, 0.717) is 5.56 Å². The number of nitrogens with zero attached hydrogens (tertiary/aromatic N) is 2. The molecule has 1 saturated carbocycles. The number of halogens is 1. The number of pyridine rings is 1. The van der Waals surface area contributed by atoms with Crippen LogP contribution in [0.15, 0.2) is 29.8 Å². The number of fused-ring (bicyclic) bond motifs is 1. The number of amides is 1. The van der Waals surface area contributed by atoms with Gasteiger partial charge in [0.15, 0.2) is 0 Å². The van der Waals surface area contributed by atoms with Crippen LogP contribution in [0, 0.1) is 18.3 Å². The van der Waals surface area contributed by atoms with E-state index in [2.05, 4.69) is 10.3 Å². The van der Waals surface area contributed by atoms with Crippen LogP contribution in [0.5, 0.6) is 0 Å². The number of hydrogen-bond acceptors (Lipinski definition) is 3. The van der Waals surface area contributed by atoms with Gasteiger partial charge in [-0.2, -0.15) is 5.26 Å². The molecule has 3 rings (SSSR count). The molecule has 1 fully saturated rings. The molecule has 0 radical (unpaired) electrons. The molecular weight excluding hydrogens is 298 g/mol. The van der Waals surface area contributed by atoms with Gasteiger partial charge in [0.1, 0.15) is 16.8 Å². The number of aryl methyl sites for hydroxylation is 1. The van der Waals surface area contributed by atoms with Crippen LogP contribution in [0.25, 0.3) is 17.0 Å². The van der Waals surface area contributed by atoms with Crippen LogP contribution in [0.4, 0.5) is 0 Å². The summed E-state index contributed by atoms with van der Waals surface area (Å²) in [6.07, 6.45) is 3.44. The van der Waals surface area contributed by atoms with Gasteiger partial charge in [-0.15, -0.1) is 0 Å². The summed E-state index contributed by atoms with van der Waals surface area (Å²) in [6.45, 7) is 1.98. The molecule has 0 bridgehead atoms. The zero-order chi connectivity index (χ0) is 15.7. The first-order chi connectivity index (χ1) is 10.6. The highest BCUT2D eigenvalue weighted by Gasteiger charge is 2.24. The Morgan fingerprint density at radius 2 is 2.23 bits per heavy atom. The predicted octanol–water partition coefficient (Wildman–Crippen LogP) is 3.38. The van der Waals surface area contributed by atoms with E-state index in [0.717, 1.165) is 29.3 Å². The first kappa shape index (κ1) is 14.6. The van der Waals surface area contributed by atoms with E-state index in [1.54, 1.807) is 0 Å². The molecule has 5 heteroatoms. The Labute approximate surface area is 133 Å². The Bertz CT molecular complexity index is 832. The second-order valence-corrected chi connectivity index (χ2v) is 5.84. The van der Waals surface area contributed by atoms with E-state index >= 15 is 0 Å². The Kier molecular flexibility index (Phi) is 3.82. The van der Waals surface area contributed by atoms with Gasteiger partial charge in [0, 0.05) is 17.0 Å². The summed E-state index contributed by atoms with van der Waals surface area (Å²) >= 11 is 6.18. The van der Waals surface area contributed by atoms with Crippen LogP contribution in [0.2, 0.25) is 5.15 Å². The largest absolute Gasteiger partial charge is 0.349 e. The molecule has 0 atom stereocenters. The lowest BCUT2D eigenvalue weighted by Crippen LogP contribution is -2.26. The number of carbonyl (C=O) groups excluding carboxylic acids is 1. The maximum Gasteiger partial charge on any atom is 0.262 e. The quantitative estimate of drug-likeness (QED) is 0.537. The van der Waals surface area contributed by atoms with Crippen LogP contribution < -0.4 is 5.32 Å². The highest BCUT2D eigenvalue weighted by Crippen LogP contribution is 2.24. The first-order valence-electron chi connectivity index (χ1n) is 7.06. The van der Waals surface area contributed by atoms with Gasteiger partial charge in [0.2, 0.25) is 0 Å². The predicted molar refractivity (Wildman–Crippen MR) is 86.2 cm³/mol. The second-order valence-electron chi connectivity index (χ2n) is 5.48. The molecular formula is C17H14ClN3O. The fourth-order valence-corrected chi connectivity index (χ4v) is 2.37. The molecule has 0 aliphatic heterocycles. The summed E-state index contributed by atoms with van der Waals surface area (Å²) in [5, 5.41) is 13.2. The van der Waals surface area contributed by atoms with E-state index in [9.17, 15) is 10.1 Å². The maximum atomic E-state index is 12.0. The van der Waals surface area contributed by atoms with Crippen molar-refractivity contribution in [3.8, 4) is 6.07 Å². The van der Waals surface area contributed by atoms with E-state index in [4.69, 9.17) is 11.6 Å². The van der Waals surface area contributed by atoms with Gasteiger partial charge >= 0.3 is 0 Å². The summed E-state index contributed by atoms with van der Waals surface area (Å²) in [5.74, 6) is -0.356. The summed E-state index contributed by atoms with van der Waals surface area (Å²) in [6, 6.07) is 9.85. The van der Waals surface area contributed by atoms with Crippen LogP contribution in [-0.2, 0) is 4.79 Å². The van der Waals surface area contributed by atoms with Crippen molar-refractivity contribution < 1.29 is 4.79 Å². The normalized spacial score (nSPS) is 14.7.